The molecule has 2 aromatic carbocycles. The van der Waals surface area contributed by atoms with Crippen molar-refractivity contribution in [1.29, 1.82) is 5.26 Å². The van der Waals surface area contributed by atoms with Gasteiger partial charge in [0, 0.05) is 5.56 Å². The molecule has 0 heterocycles. The van der Waals surface area contributed by atoms with Crippen molar-refractivity contribution >= 4 is 17.8 Å². The van der Waals surface area contributed by atoms with Crippen molar-refractivity contribution in [3.63, 3.8) is 0 Å². The van der Waals surface area contributed by atoms with Gasteiger partial charge in [-0.05, 0) is 55.0 Å². The Bertz CT molecular complexity index is 861. The number of hydrogen-bond acceptors (Lipinski definition) is 6. The van der Waals surface area contributed by atoms with Gasteiger partial charge in [-0.15, -0.1) is 0 Å². The molecular weight excluding hydrogens is 346 g/mol. The molecule has 2 rings (SSSR count). The Hall–Kier alpha value is -3.59. The molecule has 6 heteroatoms. The lowest BCUT2D eigenvalue weighted by atomic mass is 10.1. The summed E-state index contributed by atoms with van der Waals surface area (Å²) in [6.07, 6.45) is 1.39. The van der Waals surface area contributed by atoms with Crippen LogP contribution in [0.1, 0.15) is 22.8 Å². The minimum Gasteiger partial charge on any atom is -0.497 e. The van der Waals surface area contributed by atoms with E-state index in [2.05, 4.69) is 0 Å². The summed E-state index contributed by atoms with van der Waals surface area (Å²) >= 11 is 0. The number of methoxy groups -OCH3 is 1. The number of carbonyl (C=O) groups excluding carboxylic acids is 2. The Morgan fingerprint density at radius 3 is 2.22 bits per heavy atom. The fourth-order valence-corrected chi connectivity index (χ4v) is 2.20. The summed E-state index contributed by atoms with van der Waals surface area (Å²) in [5, 5.41) is 9.18. The molecule has 0 radical (unpaired) electrons. The molecule has 0 saturated heterocycles. The summed E-state index contributed by atoms with van der Waals surface area (Å²) in [4.78, 5) is 24.2. The van der Waals surface area contributed by atoms with Crippen molar-refractivity contribution in [3.05, 3.63) is 65.2 Å². The number of benzene rings is 2. The molecule has 0 fully saturated rings. The molecule has 0 bridgehead atoms. The lowest BCUT2D eigenvalue weighted by Crippen LogP contribution is -2.15. The van der Waals surface area contributed by atoms with E-state index in [1.165, 1.54) is 6.08 Å². The predicted molar refractivity (Wildman–Crippen MR) is 99.5 cm³/mol. The Balaban J connectivity index is 1.98. The summed E-state index contributed by atoms with van der Waals surface area (Å²) < 4.78 is 15.3. The van der Waals surface area contributed by atoms with Gasteiger partial charge in [0.05, 0.1) is 13.7 Å². The fraction of sp³-hybridized carbons (Fsp3) is 0.190. The van der Waals surface area contributed by atoms with E-state index in [0.717, 1.165) is 0 Å². The fourth-order valence-electron chi connectivity index (χ4n) is 2.20. The van der Waals surface area contributed by atoms with Gasteiger partial charge in [-0.3, -0.25) is 4.79 Å². The van der Waals surface area contributed by atoms with Crippen LogP contribution in [0.3, 0.4) is 0 Å². The number of esters is 1. The minimum absolute atomic E-state index is 0.195. The SMILES string of the molecule is CCOc1ccc(C(=O)COC(=O)/C(C#N)=C/c2ccc(OC)cc2)cc1. The average molecular weight is 365 g/mol. The van der Waals surface area contributed by atoms with Crippen molar-refractivity contribution < 1.29 is 23.8 Å². The third-order valence-corrected chi connectivity index (χ3v) is 3.59. The molecule has 0 spiro atoms. The van der Waals surface area contributed by atoms with Crippen LogP contribution >= 0.6 is 0 Å². The Labute approximate surface area is 157 Å². The molecule has 0 amide bonds. The van der Waals surface area contributed by atoms with Crippen LogP contribution in [0, 0.1) is 11.3 Å². The van der Waals surface area contributed by atoms with Gasteiger partial charge in [-0.2, -0.15) is 5.26 Å². The van der Waals surface area contributed by atoms with Gasteiger partial charge >= 0.3 is 5.97 Å². The van der Waals surface area contributed by atoms with E-state index >= 15 is 0 Å². The first-order chi connectivity index (χ1) is 13.1. The minimum atomic E-state index is -0.854. The molecule has 138 valence electrons. The molecule has 6 nitrogen and oxygen atoms in total. The highest BCUT2D eigenvalue weighted by Crippen LogP contribution is 2.15. The molecular formula is C21H19NO5. The number of Topliss-reactive ketones (excluding diaryl/α,β-unsaturated/α-hetero) is 1. The first kappa shape index (κ1) is 19.7. The number of nitrogens with zero attached hydrogens (tertiary/aromatic N) is 1. The van der Waals surface area contributed by atoms with Crippen LogP contribution in [0.15, 0.2) is 54.1 Å². The third-order valence-electron chi connectivity index (χ3n) is 3.59. The van der Waals surface area contributed by atoms with E-state index in [0.29, 0.717) is 29.2 Å². The van der Waals surface area contributed by atoms with Gasteiger partial charge in [0.1, 0.15) is 23.1 Å². The van der Waals surface area contributed by atoms with Crippen LogP contribution in [0.5, 0.6) is 11.5 Å². The molecule has 0 N–H and O–H groups in total. The Morgan fingerprint density at radius 1 is 1.04 bits per heavy atom. The van der Waals surface area contributed by atoms with Crippen LogP contribution < -0.4 is 9.47 Å². The number of carbonyl (C=O) groups is 2. The van der Waals surface area contributed by atoms with E-state index in [1.54, 1.807) is 61.7 Å². The predicted octanol–water partition coefficient (Wildman–Crippen LogP) is 3.43. The second kappa shape index (κ2) is 9.78. The second-order valence-corrected chi connectivity index (χ2v) is 5.40. The van der Waals surface area contributed by atoms with Gasteiger partial charge in [-0.1, -0.05) is 12.1 Å². The highest BCUT2D eigenvalue weighted by molar-refractivity contribution is 6.01. The normalized spacial score (nSPS) is 10.6. The van der Waals surface area contributed by atoms with Gasteiger partial charge in [0.2, 0.25) is 0 Å². The smallest absolute Gasteiger partial charge is 0.349 e. The number of ether oxygens (including phenoxy) is 3. The number of ketones is 1. The second-order valence-electron chi connectivity index (χ2n) is 5.40. The van der Waals surface area contributed by atoms with Crippen LogP contribution in [0.25, 0.3) is 6.08 Å². The van der Waals surface area contributed by atoms with Crippen LogP contribution in [-0.4, -0.2) is 32.1 Å². The first-order valence-corrected chi connectivity index (χ1v) is 8.26. The molecule has 0 aliphatic rings. The van der Waals surface area contributed by atoms with E-state index in [4.69, 9.17) is 14.2 Å². The zero-order chi connectivity index (χ0) is 19.6. The van der Waals surface area contributed by atoms with Crippen LogP contribution in [0.4, 0.5) is 0 Å². The Kier molecular flexibility index (Phi) is 7.15. The number of rotatable bonds is 8. The van der Waals surface area contributed by atoms with E-state index < -0.39 is 12.6 Å². The lowest BCUT2D eigenvalue weighted by molar-refractivity contribution is -0.137. The van der Waals surface area contributed by atoms with E-state index in [9.17, 15) is 14.9 Å². The molecule has 0 atom stereocenters. The first-order valence-electron chi connectivity index (χ1n) is 8.26. The molecule has 0 aliphatic carbocycles. The number of hydrogen-bond donors (Lipinski definition) is 0. The zero-order valence-electron chi connectivity index (χ0n) is 15.1. The number of nitriles is 1. The van der Waals surface area contributed by atoms with Gasteiger partial charge in [-0.25, -0.2) is 4.79 Å². The zero-order valence-corrected chi connectivity index (χ0v) is 15.1. The van der Waals surface area contributed by atoms with Crippen molar-refractivity contribution in [2.45, 2.75) is 6.92 Å². The van der Waals surface area contributed by atoms with Gasteiger partial charge in [0.25, 0.3) is 0 Å². The molecule has 0 aromatic heterocycles. The standard InChI is InChI=1S/C21H19NO5/c1-3-26-19-10-6-16(7-11-19)20(23)14-27-21(24)17(13-22)12-15-4-8-18(25-2)9-5-15/h4-12H,3,14H2,1-2H3/b17-12+. The third kappa shape index (κ3) is 5.72. The van der Waals surface area contributed by atoms with Crippen LogP contribution in [-0.2, 0) is 9.53 Å². The largest absolute Gasteiger partial charge is 0.497 e. The molecule has 0 aliphatic heterocycles. The Morgan fingerprint density at radius 2 is 1.67 bits per heavy atom. The summed E-state index contributed by atoms with van der Waals surface area (Å²) in [7, 11) is 1.55. The van der Waals surface area contributed by atoms with E-state index in [-0.39, 0.29) is 11.4 Å². The van der Waals surface area contributed by atoms with Gasteiger partial charge < -0.3 is 14.2 Å². The highest BCUT2D eigenvalue weighted by Gasteiger charge is 2.14. The maximum absolute atomic E-state index is 12.1. The lowest BCUT2D eigenvalue weighted by Gasteiger charge is -2.06. The van der Waals surface area contributed by atoms with Crippen molar-refractivity contribution in [1.82, 2.24) is 0 Å². The van der Waals surface area contributed by atoms with Crippen LogP contribution in [0.2, 0.25) is 0 Å². The maximum atomic E-state index is 12.1. The van der Waals surface area contributed by atoms with E-state index in [1.807, 2.05) is 6.92 Å². The summed E-state index contributed by atoms with van der Waals surface area (Å²) in [5.74, 6) is 0.0927. The molecule has 27 heavy (non-hydrogen) atoms. The monoisotopic (exact) mass is 365 g/mol. The molecule has 0 saturated carbocycles. The topological polar surface area (TPSA) is 85.6 Å². The van der Waals surface area contributed by atoms with Crippen molar-refractivity contribution in [3.8, 4) is 17.6 Å². The van der Waals surface area contributed by atoms with Gasteiger partial charge in [0.15, 0.2) is 12.4 Å². The van der Waals surface area contributed by atoms with Crippen molar-refractivity contribution in [2.24, 2.45) is 0 Å². The highest BCUT2D eigenvalue weighted by atomic mass is 16.5. The quantitative estimate of drug-likeness (QED) is 0.308. The molecule has 2 aromatic rings. The maximum Gasteiger partial charge on any atom is 0.349 e. The molecule has 0 unspecified atom stereocenters. The summed E-state index contributed by atoms with van der Waals surface area (Å²) in [6, 6.07) is 15.1. The summed E-state index contributed by atoms with van der Waals surface area (Å²) in [6.45, 7) is 1.95. The van der Waals surface area contributed by atoms with Crippen molar-refractivity contribution in [2.75, 3.05) is 20.3 Å². The average Bonchev–Trinajstić information content (AvgIpc) is 2.71. The summed E-state index contributed by atoms with van der Waals surface area (Å²) in [5.41, 5.74) is 0.839.